The molecule has 0 spiro atoms. The van der Waals surface area contributed by atoms with Crippen LogP contribution in [0.1, 0.15) is 20.3 Å². The fourth-order valence-electron chi connectivity index (χ4n) is 1.79. The van der Waals surface area contributed by atoms with Gasteiger partial charge in [0.05, 0.1) is 18.0 Å². The molecule has 2 N–H and O–H groups in total. The lowest BCUT2D eigenvalue weighted by Gasteiger charge is -2.14. The fourth-order valence-corrected chi connectivity index (χ4v) is 3.00. The first-order chi connectivity index (χ1) is 10.9. The van der Waals surface area contributed by atoms with Crippen LogP contribution in [0.25, 0.3) is 0 Å². The molecule has 7 nitrogen and oxygen atoms in total. The number of methoxy groups -OCH3 is 1. The van der Waals surface area contributed by atoms with Crippen LogP contribution in [0.4, 0.5) is 0 Å². The first-order valence-electron chi connectivity index (χ1n) is 7.42. The average Bonchev–Trinajstić information content (AvgIpc) is 2.54. The van der Waals surface area contributed by atoms with E-state index >= 15 is 0 Å². The van der Waals surface area contributed by atoms with Crippen LogP contribution in [0, 0.1) is 0 Å². The topological polar surface area (TPSA) is 93.7 Å². The predicted molar refractivity (Wildman–Crippen MR) is 86.9 cm³/mol. The summed E-state index contributed by atoms with van der Waals surface area (Å²) in [7, 11) is -2.26. The summed E-state index contributed by atoms with van der Waals surface area (Å²) in [5.41, 5.74) is 0. The molecule has 8 heteroatoms. The maximum Gasteiger partial charge on any atom is 0.241 e. The molecule has 0 radical (unpaired) electrons. The van der Waals surface area contributed by atoms with Gasteiger partial charge in [0.25, 0.3) is 0 Å². The van der Waals surface area contributed by atoms with Crippen molar-refractivity contribution in [3.8, 4) is 5.75 Å². The van der Waals surface area contributed by atoms with Gasteiger partial charge in [-0.1, -0.05) is 0 Å². The normalized spacial score (nSPS) is 12.7. The molecule has 130 valence electrons. The van der Waals surface area contributed by atoms with E-state index in [0.29, 0.717) is 31.9 Å². The zero-order chi connectivity index (χ0) is 17.3. The molecule has 1 atom stereocenters. The summed E-state index contributed by atoms with van der Waals surface area (Å²) in [4.78, 5) is 12.0. The highest BCUT2D eigenvalue weighted by atomic mass is 32.2. The van der Waals surface area contributed by atoms with Gasteiger partial charge in [0.1, 0.15) is 5.75 Å². The van der Waals surface area contributed by atoms with Gasteiger partial charge < -0.3 is 14.8 Å². The molecule has 0 unspecified atom stereocenters. The fraction of sp³-hybridized carbons (Fsp3) is 0.533. The highest BCUT2D eigenvalue weighted by Gasteiger charge is 2.21. The Morgan fingerprint density at radius 2 is 1.91 bits per heavy atom. The number of amides is 1. The summed E-state index contributed by atoms with van der Waals surface area (Å²) < 4.78 is 36.9. The van der Waals surface area contributed by atoms with Crippen LogP contribution < -0.4 is 14.8 Å². The van der Waals surface area contributed by atoms with Crippen LogP contribution >= 0.6 is 0 Å². The molecule has 0 aliphatic rings. The van der Waals surface area contributed by atoms with E-state index in [0.717, 1.165) is 0 Å². The molecule has 0 saturated heterocycles. The van der Waals surface area contributed by atoms with Crippen LogP contribution in [0.2, 0.25) is 0 Å². The van der Waals surface area contributed by atoms with Gasteiger partial charge in [-0.2, -0.15) is 4.72 Å². The maximum atomic E-state index is 12.2. The molecule has 0 heterocycles. The molecule has 23 heavy (non-hydrogen) atoms. The van der Waals surface area contributed by atoms with E-state index in [1.165, 1.54) is 26.2 Å². The lowest BCUT2D eigenvalue weighted by molar-refractivity contribution is -0.122. The number of hydrogen-bond donors (Lipinski definition) is 2. The van der Waals surface area contributed by atoms with Crippen molar-refractivity contribution in [1.29, 1.82) is 0 Å². The van der Waals surface area contributed by atoms with E-state index in [9.17, 15) is 13.2 Å². The molecule has 1 rings (SSSR count). The monoisotopic (exact) mass is 344 g/mol. The van der Waals surface area contributed by atoms with Gasteiger partial charge in [-0.15, -0.1) is 0 Å². The number of rotatable bonds is 10. The van der Waals surface area contributed by atoms with Gasteiger partial charge >= 0.3 is 0 Å². The van der Waals surface area contributed by atoms with E-state index in [-0.39, 0.29) is 10.8 Å². The van der Waals surface area contributed by atoms with Crippen LogP contribution in [-0.2, 0) is 19.6 Å². The number of sulfonamides is 1. The van der Waals surface area contributed by atoms with Crippen LogP contribution in [0.15, 0.2) is 29.2 Å². The largest absolute Gasteiger partial charge is 0.497 e. The number of hydrogen-bond acceptors (Lipinski definition) is 5. The molecule has 1 aromatic carbocycles. The first kappa shape index (κ1) is 19.4. The van der Waals surface area contributed by atoms with Crippen molar-refractivity contribution in [2.45, 2.75) is 31.2 Å². The minimum Gasteiger partial charge on any atom is -0.497 e. The van der Waals surface area contributed by atoms with Gasteiger partial charge in [0.15, 0.2) is 0 Å². The Kier molecular flexibility index (Phi) is 8.01. The van der Waals surface area contributed by atoms with Crippen molar-refractivity contribution in [1.82, 2.24) is 10.0 Å². The second-order valence-electron chi connectivity index (χ2n) is 4.86. The summed E-state index contributed by atoms with van der Waals surface area (Å²) >= 11 is 0. The Labute approximate surface area is 137 Å². The molecular weight excluding hydrogens is 320 g/mol. The van der Waals surface area contributed by atoms with Crippen molar-refractivity contribution >= 4 is 15.9 Å². The lowest BCUT2D eigenvalue weighted by Crippen LogP contribution is -2.45. The van der Waals surface area contributed by atoms with Crippen LogP contribution in [0.5, 0.6) is 5.75 Å². The van der Waals surface area contributed by atoms with E-state index in [1.54, 1.807) is 12.1 Å². The summed E-state index contributed by atoms with van der Waals surface area (Å²) in [6.45, 7) is 5.02. The summed E-state index contributed by atoms with van der Waals surface area (Å²) in [6.07, 6.45) is 0.678. The van der Waals surface area contributed by atoms with Gasteiger partial charge in [-0.25, -0.2) is 8.42 Å². The SMILES string of the molecule is CCOCCCNC(=O)[C@H](C)NS(=O)(=O)c1ccc(OC)cc1. The standard InChI is InChI=1S/C15H24N2O5S/c1-4-22-11-5-10-16-15(18)12(2)17-23(19,20)14-8-6-13(21-3)7-9-14/h6-9,12,17H,4-5,10-11H2,1-3H3,(H,16,18)/t12-/m0/s1. The smallest absolute Gasteiger partial charge is 0.241 e. The Balaban J connectivity index is 2.53. The Hall–Kier alpha value is -1.64. The van der Waals surface area contributed by atoms with Gasteiger partial charge in [-0.05, 0) is 44.5 Å². The van der Waals surface area contributed by atoms with Crippen molar-refractivity contribution < 1.29 is 22.7 Å². The zero-order valence-electron chi connectivity index (χ0n) is 13.7. The predicted octanol–water partition coefficient (Wildman–Crippen LogP) is 0.905. The lowest BCUT2D eigenvalue weighted by atomic mass is 10.3. The third kappa shape index (κ3) is 6.55. The molecule has 0 bridgehead atoms. The van der Waals surface area contributed by atoms with Crippen molar-refractivity contribution in [2.24, 2.45) is 0 Å². The zero-order valence-corrected chi connectivity index (χ0v) is 14.5. The number of nitrogens with one attached hydrogen (secondary N) is 2. The molecule has 0 fully saturated rings. The molecule has 0 saturated carbocycles. The average molecular weight is 344 g/mol. The number of benzene rings is 1. The summed E-state index contributed by atoms with van der Waals surface area (Å²) in [5.74, 6) is 0.183. The third-order valence-corrected chi connectivity index (χ3v) is 4.62. The highest BCUT2D eigenvalue weighted by Crippen LogP contribution is 2.15. The Morgan fingerprint density at radius 3 is 2.48 bits per heavy atom. The molecule has 0 aromatic heterocycles. The molecule has 1 aromatic rings. The van der Waals surface area contributed by atoms with Crippen molar-refractivity contribution in [2.75, 3.05) is 26.9 Å². The quantitative estimate of drug-likeness (QED) is 0.615. The summed E-state index contributed by atoms with van der Waals surface area (Å²) in [5, 5.41) is 2.67. The Morgan fingerprint density at radius 1 is 1.26 bits per heavy atom. The maximum absolute atomic E-state index is 12.2. The number of carbonyl (C=O) groups is 1. The van der Waals surface area contributed by atoms with Crippen molar-refractivity contribution in [3.05, 3.63) is 24.3 Å². The van der Waals surface area contributed by atoms with Crippen LogP contribution in [0.3, 0.4) is 0 Å². The van der Waals surface area contributed by atoms with Gasteiger partial charge in [0, 0.05) is 19.8 Å². The van der Waals surface area contributed by atoms with E-state index in [1.807, 2.05) is 6.92 Å². The highest BCUT2D eigenvalue weighted by molar-refractivity contribution is 7.89. The summed E-state index contributed by atoms with van der Waals surface area (Å²) in [6, 6.07) is 5.08. The second-order valence-corrected chi connectivity index (χ2v) is 6.57. The molecule has 0 aliphatic carbocycles. The van der Waals surface area contributed by atoms with Crippen LogP contribution in [-0.4, -0.2) is 47.2 Å². The first-order valence-corrected chi connectivity index (χ1v) is 8.91. The third-order valence-electron chi connectivity index (χ3n) is 3.06. The molecule has 0 aliphatic heterocycles. The van der Waals surface area contributed by atoms with Gasteiger partial charge in [-0.3, -0.25) is 4.79 Å². The molecule has 1 amide bonds. The second kappa shape index (κ2) is 9.49. The van der Waals surface area contributed by atoms with E-state index < -0.39 is 16.1 Å². The van der Waals surface area contributed by atoms with E-state index in [2.05, 4.69) is 10.0 Å². The van der Waals surface area contributed by atoms with Gasteiger partial charge in [0.2, 0.25) is 15.9 Å². The van der Waals surface area contributed by atoms with E-state index in [4.69, 9.17) is 9.47 Å². The number of carbonyl (C=O) groups excluding carboxylic acids is 1. The minimum absolute atomic E-state index is 0.0781. The minimum atomic E-state index is -3.76. The van der Waals surface area contributed by atoms with Crippen molar-refractivity contribution in [3.63, 3.8) is 0 Å². The Bertz CT molecular complexity index is 586. The molecular formula is C15H24N2O5S. The number of ether oxygens (including phenoxy) is 2.